The molecule has 1 aromatic carbocycles. The fourth-order valence-electron chi connectivity index (χ4n) is 3.89. The third kappa shape index (κ3) is 3.54. The molecule has 2 fully saturated rings. The largest absolute Gasteiger partial charge is 0.416 e. The van der Waals surface area contributed by atoms with Crippen LogP contribution in [0.2, 0.25) is 0 Å². The molecular formula is C18H23F3N4S. The van der Waals surface area contributed by atoms with Crippen LogP contribution in [0.4, 0.5) is 18.3 Å². The highest BCUT2D eigenvalue weighted by Crippen LogP contribution is 2.36. The maximum atomic E-state index is 12.9. The number of rotatable bonds is 3. The molecule has 0 N–H and O–H groups in total. The number of hydrogen-bond donors (Lipinski definition) is 0. The first kappa shape index (κ1) is 18.0. The second-order valence-corrected chi connectivity index (χ2v) is 8.04. The fraction of sp³-hybridized carbons (Fsp3) is 0.611. The van der Waals surface area contributed by atoms with Crippen molar-refractivity contribution in [2.45, 2.75) is 25.6 Å². The summed E-state index contributed by atoms with van der Waals surface area (Å²) in [5, 5.41) is 0.842. The standard InChI is InChI=1S/C18H23F3N4S/c1-2-23-7-9-24(10-8-23)14-5-6-25(12-14)17-22-15-11-13(18(19,20)21)3-4-16(15)26-17/h3-4,11,14H,2,5-10,12H2,1H3. The molecule has 0 aliphatic carbocycles. The Morgan fingerprint density at radius 3 is 2.62 bits per heavy atom. The Hall–Kier alpha value is -1.38. The molecule has 2 saturated heterocycles. The predicted molar refractivity (Wildman–Crippen MR) is 98.9 cm³/mol. The Balaban J connectivity index is 1.45. The highest BCUT2D eigenvalue weighted by molar-refractivity contribution is 7.22. The molecule has 0 bridgehead atoms. The first-order valence-corrected chi connectivity index (χ1v) is 9.95. The minimum atomic E-state index is -4.32. The van der Waals surface area contributed by atoms with Gasteiger partial charge in [0, 0.05) is 45.3 Å². The normalized spacial score (nSPS) is 23.2. The van der Waals surface area contributed by atoms with Crippen LogP contribution in [0.5, 0.6) is 0 Å². The number of fused-ring (bicyclic) bond motifs is 1. The van der Waals surface area contributed by atoms with Gasteiger partial charge in [0.25, 0.3) is 0 Å². The van der Waals surface area contributed by atoms with Gasteiger partial charge in [0.05, 0.1) is 15.8 Å². The van der Waals surface area contributed by atoms with Gasteiger partial charge in [-0.1, -0.05) is 18.3 Å². The van der Waals surface area contributed by atoms with Gasteiger partial charge in [-0.3, -0.25) is 4.90 Å². The number of thiazole rings is 1. The van der Waals surface area contributed by atoms with Gasteiger partial charge in [0.1, 0.15) is 0 Å². The number of halogens is 3. The van der Waals surface area contributed by atoms with Crippen molar-refractivity contribution < 1.29 is 13.2 Å². The lowest BCUT2D eigenvalue weighted by Gasteiger charge is -2.37. The summed E-state index contributed by atoms with van der Waals surface area (Å²) in [7, 11) is 0. The van der Waals surface area contributed by atoms with E-state index in [0.29, 0.717) is 11.6 Å². The van der Waals surface area contributed by atoms with Crippen molar-refractivity contribution in [2.75, 3.05) is 50.7 Å². The van der Waals surface area contributed by atoms with Crippen LogP contribution in [-0.2, 0) is 6.18 Å². The lowest BCUT2D eigenvalue weighted by molar-refractivity contribution is -0.137. The second kappa shape index (κ2) is 6.98. The molecule has 8 heteroatoms. The maximum absolute atomic E-state index is 12.9. The van der Waals surface area contributed by atoms with Crippen LogP contribution < -0.4 is 4.90 Å². The summed E-state index contributed by atoms with van der Waals surface area (Å²) in [6, 6.07) is 4.36. The van der Waals surface area contributed by atoms with Crippen LogP contribution in [0, 0.1) is 0 Å². The highest BCUT2D eigenvalue weighted by Gasteiger charge is 2.33. The van der Waals surface area contributed by atoms with Gasteiger partial charge < -0.3 is 9.80 Å². The van der Waals surface area contributed by atoms with E-state index in [2.05, 4.69) is 26.6 Å². The van der Waals surface area contributed by atoms with E-state index in [-0.39, 0.29) is 0 Å². The number of nitrogens with zero attached hydrogens (tertiary/aromatic N) is 4. The van der Waals surface area contributed by atoms with Gasteiger partial charge in [-0.05, 0) is 31.2 Å². The molecule has 2 aromatic rings. The fourth-order valence-corrected chi connectivity index (χ4v) is 4.87. The Bertz CT molecular complexity index is 767. The van der Waals surface area contributed by atoms with Crippen molar-refractivity contribution in [3.63, 3.8) is 0 Å². The first-order chi connectivity index (χ1) is 12.4. The van der Waals surface area contributed by atoms with Gasteiger partial charge in [0.2, 0.25) is 0 Å². The molecule has 1 unspecified atom stereocenters. The number of piperazine rings is 1. The van der Waals surface area contributed by atoms with E-state index in [0.717, 1.165) is 74.2 Å². The zero-order valence-corrected chi connectivity index (χ0v) is 15.6. The molecule has 3 heterocycles. The maximum Gasteiger partial charge on any atom is 0.416 e. The summed E-state index contributed by atoms with van der Waals surface area (Å²) in [6.45, 7) is 9.58. The molecule has 26 heavy (non-hydrogen) atoms. The third-order valence-electron chi connectivity index (χ3n) is 5.51. The second-order valence-electron chi connectivity index (χ2n) is 7.04. The van der Waals surface area contributed by atoms with E-state index in [1.807, 2.05) is 0 Å². The van der Waals surface area contributed by atoms with Crippen molar-refractivity contribution in [1.29, 1.82) is 0 Å². The quantitative estimate of drug-likeness (QED) is 0.807. The number of likely N-dealkylation sites (N-methyl/N-ethyl adjacent to an activating group) is 1. The molecule has 0 radical (unpaired) electrons. The predicted octanol–water partition coefficient (Wildman–Crippen LogP) is 3.53. The van der Waals surface area contributed by atoms with Crippen molar-refractivity contribution in [3.8, 4) is 0 Å². The lowest BCUT2D eigenvalue weighted by atomic mass is 10.2. The van der Waals surface area contributed by atoms with Crippen LogP contribution >= 0.6 is 11.3 Å². The van der Waals surface area contributed by atoms with E-state index >= 15 is 0 Å². The molecule has 1 aromatic heterocycles. The number of anilines is 1. The molecular weight excluding hydrogens is 361 g/mol. The van der Waals surface area contributed by atoms with Gasteiger partial charge in [-0.15, -0.1) is 0 Å². The molecule has 2 aliphatic rings. The number of aromatic nitrogens is 1. The van der Waals surface area contributed by atoms with Gasteiger partial charge in [0.15, 0.2) is 5.13 Å². The summed E-state index contributed by atoms with van der Waals surface area (Å²) in [6.07, 6.45) is -3.23. The molecule has 4 nitrogen and oxygen atoms in total. The number of hydrogen-bond acceptors (Lipinski definition) is 5. The Morgan fingerprint density at radius 2 is 1.92 bits per heavy atom. The van der Waals surface area contributed by atoms with Crippen LogP contribution in [0.1, 0.15) is 18.9 Å². The Morgan fingerprint density at radius 1 is 1.15 bits per heavy atom. The van der Waals surface area contributed by atoms with Gasteiger partial charge >= 0.3 is 6.18 Å². The minimum Gasteiger partial charge on any atom is -0.346 e. The molecule has 1 atom stereocenters. The average Bonchev–Trinajstić information content (AvgIpc) is 3.27. The summed E-state index contributed by atoms with van der Waals surface area (Å²) < 4.78 is 39.5. The molecule has 0 amide bonds. The van der Waals surface area contributed by atoms with E-state index in [1.54, 1.807) is 0 Å². The van der Waals surface area contributed by atoms with Crippen LogP contribution in [0.15, 0.2) is 18.2 Å². The third-order valence-corrected chi connectivity index (χ3v) is 6.61. The SMILES string of the molecule is CCN1CCN(C2CCN(c3nc4cc(C(F)(F)F)ccc4s3)C2)CC1. The number of benzene rings is 1. The summed E-state index contributed by atoms with van der Waals surface area (Å²) in [5.74, 6) is 0. The van der Waals surface area contributed by atoms with Crippen LogP contribution in [0.3, 0.4) is 0 Å². The molecule has 4 rings (SSSR count). The van der Waals surface area contributed by atoms with Gasteiger partial charge in [-0.25, -0.2) is 4.98 Å². The molecule has 0 spiro atoms. The Kier molecular flexibility index (Phi) is 4.83. The first-order valence-electron chi connectivity index (χ1n) is 9.13. The molecule has 0 saturated carbocycles. The van der Waals surface area contributed by atoms with Crippen LogP contribution in [-0.4, -0.2) is 66.6 Å². The topological polar surface area (TPSA) is 22.6 Å². The highest BCUT2D eigenvalue weighted by atomic mass is 32.1. The summed E-state index contributed by atoms with van der Waals surface area (Å²) in [5.41, 5.74) is -0.185. The Labute approximate surface area is 155 Å². The summed E-state index contributed by atoms with van der Waals surface area (Å²) >= 11 is 1.49. The van der Waals surface area contributed by atoms with Crippen molar-refractivity contribution >= 4 is 26.7 Å². The monoisotopic (exact) mass is 384 g/mol. The summed E-state index contributed by atoms with van der Waals surface area (Å²) in [4.78, 5) is 11.7. The van der Waals surface area contributed by atoms with Gasteiger partial charge in [-0.2, -0.15) is 13.2 Å². The van der Waals surface area contributed by atoms with E-state index in [1.165, 1.54) is 17.4 Å². The van der Waals surface area contributed by atoms with Crippen molar-refractivity contribution in [2.24, 2.45) is 0 Å². The zero-order valence-electron chi connectivity index (χ0n) is 14.8. The lowest BCUT2D eigenvalue weighted by Crippen LogP contribution is -2.50. The molecule has 2 aliphatic heterocycles. The zero-order chi connectivity index (χ0) is 18.3. The van der Waals surface area contributed by atoms with Crippen LogP contribution in [0.25, 0.3) is 10.2 Å². The number of alkyl halides is 3. The van der Waals surface area contributed by atoms with Crippen molar-refractivity contribution in [1.82, 2.24) is 14.8 Å². The smallest absolute Gasteiger partial charge is 0.346 e. The van der Waals surface area contributed by atoms with E-state index in [9.17, 15) is 13.2 Å². The van der Waals surface area contributed by atoms with E-state index < -0.39 is 11.7 Å². The van der Waals surface area contributed by atoms with E-state index in [4.69, 9.17) is 0 Å². The van der Waals surface area contributed by atoms with Crippen molar-refractivity contribution in [3.05, 3.63) is 23.8 Å². The molecule has 142 valence electrons. The average molecular weight is 384 g/mol. The minimum absolute atomic E-state index is 0.444.